The van der Waals surface area contributed by atoms with E-state index >= 15 is 0 Å². The Labute approximate surface area is 113 Å². The van der Waals surface area contributed by atoms with Crippen LogP contribution in [0.1, 0.15) is 20.3 Å². The molecular weight excluding hydrogens is 248 g/mol. The van der Waals surface area contributed by atoms with E-state index in [9.17, 15) is 4.79 Å². The summed E-state index contributed by atoms with van der Waals surface area (Å²) < 4.78 is 15.8. The van der Waals surface area contributed by atoms with Crippen LogP contribution in [0.15, 0.2) is 0 Å². The smallest absolute Gasteiger partial charge is 0.241 e. The van der Waals surface area contributed by atoms with Crippen LogP contribution in [0.3, 0.4) is 0 Å². The summed E-state index contributed by atoms with van der Waals surface area (Å²) in [6.07, 6.45) is 0.478. The van der Waals surface area contributed by atoms with Crippen molar-refractivity contribution < 1.29 is 19.0 Å². The Bertz CT molecular complexity index is 357. The van der Waals surface area contributed by atoms with Crippen molar-refractivity contribution in [1.82, 2.24) is 5.32 Å². The number of rotatable bonds is 5. The Morgan fingerprint density at radius 2 is 2.11 bits per heavy atom. The Morgan fingerprint density at radius 1 is 1.47 bits per heavy atom. The molecule has 0 bridgehead atoms. The van der Waals surface area contributed by atoms with Crippen LogP contribution < -0.4 is 11.1 Å². The van der Waals surface area contributed by atoms with Gasteiger partial charge in [-0.25, -0.2) is 0 Å². The van der Waals surface area contributed by atoms with Crippen LogP contribution in [0.5, 0.6) is 0 Å². The third-order valence-electron chi connectivity index (χ3n) is 4.78. The van der Waals surface area contributed by atoms with Crippen molar-refractivity contribution in [3.8, 4) is 0 Å². The largest absolute Gasteiger partial charge is 0.377 e. The highest BCUT2D eigenvalue weighted by atomic mass is 16.7. The van der Waals surface area contributed by atoms with Crippen LogP contribution in [0.4, 0.5) is 0 Å². The zero-order valence-electron chi connectivity index (χ0n) is 12.1. The molecule has 1 aliphatic heterocycles. The van der Waals surface area contributed by atoms with E-state index in [-0.39, 0.29) is 23.3 Å². The number of nitrogens with one attached hydrogen (secondary N) is 1. The van der Waals surface area contributed by atoms with Gasteiger partial charge in [-0.2, -0.15) is 0 Å². The second-order valence-electron chi connectivity index (χ2n) is 5.89. The molecule has 0 aromatic rings. The van der Waals surface area contributed by atoms with Gasteiger partial charge in [-0.1, -0.05) is 13.8 Å². The van der Waals surface area contributed by atoms with E-state index < -0.39 is 11.8 Å². The molecule has 1 aliphatic carbocycles. The third kappa shape index (κ3) is 1.98. The molecule has 1 amide bonds. The lowest BCUT2D eigenvalue weighted by atomic mass is 9.48. The first-order valence-corrected chi connectivity index (χ1v) is 6.64. The highest BCUT2D eigenvalue weighted by Crippen LogP contribution is 2.58. The van der Waals surface area contributed by atoms with Crippen molar-refractivity contribution in [1.29, 1.82) is 0 Å². The molecule has 19 heavy (non-hydrogen) atoms. The number of ether oxygens (including phenoxy) is 3. The molecule has 6 heteroatoms. The molecule has 2 rings (SSSR count). The topological polar surface area (TPSA) is 82.8 Å². The van der Waals surface area contributed by atoms with Crippen LogP contribution in [0.25, 0.3) is 0 Å². The SMILES string of the molecule is COC(CNC(=O)C1(N)C2CCOC2C1(C)C)OC. The van der Waals surface area contributed by atoms with Gasteiger partial charge in [-0.05, 0) is 6.42 Å². The van der Waals surface area contributed by atoms with Gasteiger partial charge in [0.25, 0.3) is 0 Å². The highest BCUT2D eigenvalue weighted by molar-refractivity contribution is 5.89. The zero-order valence-corrected chi connectivity index (χ0v) is 12.1. The lowest BCUT2D eigenvalue weighted by Crippen LogP contribution is -2.80. The standard InChI is InChI=1S/C13H24N2O4/c1-12(2)10-8(5-6-19-10)13(12,14)11(16)15-7-9(17-3)18-4/h8-10H,5-7,14H2,1-4H3,(H,15,16). The number of hydrogen-bond acceptors (Lipinski definition) is 5. The van der Waals surface area contributed by atoms with Gasteiger partial charge < -0.3 is 25.3 Å². The third-order valence-corrected chi connectivity index (χ3v) is 4.78. The molecule has 0 spiro atoms. The van der Waals surface area contributed by atoms with Crippen LogP contribution in [-0.2, 0) is 19.0 Å². The number of amides is 1. The minimum atomic E-state index is -0.875. The van der Waals surface area contributed by atoms with E-state index in [0.29, 0.717) is 13.2 Å². The van der Waals surface area contributed by atoms with Crippen LogP contribution >= 0.6 is 0 Å². The van der Waals surface area contributed by atoms with Gasteiger partial charge in [0.15, 0.2) is 6.29 Å². The summed E-state index contributed by atoms with van der Waals surface area (Å²) in [6.45, 7) is 4.95. The van der Waals surface area contributed by atoms with Crippen molar-refractivity contribution in [2.75, 3.05) is 27.4 Å². The normalized spacial score (nSPS) is 35.9. The molecule has 3 N–H and O–H groups in total. The molecule has 1 saturated carbocycles. The van der Waals surface area contributed by atoms with Gasteiger partial charge in [-0.3, -0.25) is 4.79 Å². The van der Waals surface area contributed by atoms with E-state index in [1.54, 1.807) is 0 Å². The fourth-order valence-corrected chi connectivity index (χ4v) is 3.43. The van der Waals surface area contributed by atoms with Crippen molar-refractivity contribution in [3.63, 3.8) is 0 Å². The Morgan fingerprint density at radius 3 is 2.68 bits per heavy atom. The fraction of sp³-hybridized carbons (Fsp3) is 0.923. The van der Waals surface area contributed by atoms with Crippen LogP contribution in [0, 0.1) is 11.3 Å². The summed E-state index contributed by atoms with van der Waals surface area (Å²) >= 11 is 0. The zero-order chi connectivity index (χ0) is 14.3. The van der Waals surface area contributed by atoms with Crippen molar-refractivity contribution in [2.24, 2.45) is 17.1 Å². The van der Waals surface area contributed by atoms with E-state index in [1.807, 2.05) is 13.8 Å². The number of hydrogen-bond donors (Lipinski definition) is 2. The molecule has 0 aromatic carbocycles. The molecular formula is C13H24N2O4. The van der Waals surface area contributed by atoms with Gasteiger partial charge in [0.1, 0.15) is 5.54 Å². The lowest BCUT2D eigenvalue weighted by molar-refractivity contribution is -0.177. The molecule has 110 valence electrons. The van der Waals surface area contributed by atoms with Gasteiger partial charge in [0, 0.05) is 32.2 Å². The molecule has 0 aromatic heterocycles. The van der Waals surface area contributed by atoms with Crippen molar-refractivity contribution in [3.05, 3.63) is 0 Å². The van der Waals surface area contributed by atoms with Gasteiger partial charge in [-0.15, -0.1) is 0 Å². The summed E-state index contributed by atoms with van der Waals surface area (Å²) in [4.78, 5) is 12.4. The maximum Gasteiger partial charge on any atom is 0.241 e. The first-order chi connectivity index (χ1) is 8.89. The molecule has 6 nitrogen and oxygen atoms in total. The molecule has 3 unspecified atom stereocenters. The lowest BCUT2D eigenvalue weighted by Gasteiger charge is -2.60. The number of carbonyl (C=O) groups excluding carboxylic acids is 1. The maximum atomic E-state index is 12.4. The average molecular weight is 272 g/mol. The van der Waals surface area contributed by atoms with Gasteiger partial charge in [0.2, 0.25) is 5.91 Å². The second kappa shape index (κ2) is 5.01. The summed E-state index contributed by atoms with van der Waals surface area (Å²) in [5.74, 6) is -0.0469. The van der Waals surface area contributed by atoms with Gasteiger partial charge in [0.05, 0.1) is 12.6 Å². The monoisotopic (exact) mass is 272 g/mol. The summed E-state index contributed by atoms with van der Waals surface area (Å²) in [7, 11) is 3.07. The molecule has 2 fully saturated rings. The highest BCUT2D eigenvalue weighted by Gasteiger charge is 2.71. The number of carbonyl (C=O) groups is 1. The van der Waals surface area contributed by atoms with Crippen molar-refractivity contribution >= 4 is 5.91 Å². The first-order valence-electron chi connectivity index (χ1n) is 6.64. The average Bonchev–Trinajstić information content (AvgIpc) is 2.86. The van der Waals surface area contributed by atoms with Crippen LogP contribution in [-0.4, -0.2) is 51.2 Å². The van der Waals surface area contributed by atoms with Gasteiger partial charge >= 0.3 is 0 Å². The molecule has 0 radical (unpaired) electrons. The fourth-order valence-electron chi connectivity index (χ4n) is 3.43. The predicted octanol–water partition coefficient (Wildman–Crippen LogP) is -0.136. The predicted molar refractivity (Wildman–Crippen MR) is 69.4 cm³/mol. The Balaban J connectivity index is 2.02. The minimum Gasteiger partial charge on any atom is -0.377 e. The van der Waals surface area contributed by atoms with E-state index in [0.717, 1.165) is 6.42 Å². The molecule has 1 heterocycles. The van der Waals surface area contributed by atoms with Crippen molar-refractivity contribution in [2.45, 2.75) is 38.2 Å². The maximum absolute atomic E-state index is 12.4. The summed E-state index contributed by atoms with van der Waals surface area (Å²) in [5, 5.41) is 2.83. The number of nitrogens with two attached hydrogens (primary N) is 1. The second-order valence-corrected chi connectivity index (χ2v) is 5.89. The minimum absolute atomic E-state index is 0.0869. The Hall–Kier alpha value is -0.690. The van der Waals surface area contributed by atoms with Crippen LogP contribution in [0.2, 0.25) is 0 Å². The quantitative estimate of drug-likeness (QED) is 0.681. The number of fused-ring (bicyclic) bond motifs is 1. The molecule has 3 atom stereocenters. The Kier molecular flexibility index (Phi) is 3.88. The molecule has 2 aliphatic rings. The summed E-state index contributed by atoms with van der Waals surface area (Å²) in [5.41, 5.74) is 5.18. The number of methoxy groups -OCH3 is 2. The summed E-state index contributed by atoms with van der Waals surface area (Å²) in [6, 6.07) is 0. The van der Waals surface area contributed by atoms with E-state index in [4.69, 9.17) is 19.9 Å². The molecule has 1 saturated heterocycles. The first kappa shape index (κ1) is 14.7. The van der Waals surface area contributed by atoms with E-state index in [2.05, 4.69) is 5.32 Å². The van der Waals surface area contributed by atoms with E-state index in [1.165, 1.54) is 14.2 Å².